The van der Waals surface area contributed by atoms with E-state index < -0.39 is 29.6 Å². The molecule has 1 aromatic rings. The number of amides is 2. The predicted octanol–water partition coefficient (Wildman–Crippen LogP) is 2.84. The van der Waals surface area contributed by atoms with E-state index in [1.54, 1.807) is 26.0 Å². The maximum absolute atomic E-state index is 12.5. The molecule has 1 aromatic carbocycles. The summed E-state index contributed by atoms with van der Waals surface area (Å²) in [5.41, 5.74) is 0.585. The number of imide groups is 1. The molecule has 1 saturated heterocycles. The van der Waals surface area contributed by atoms with Crippen molar-refractivity contribution in [3.63, 3.8) is 0 Å². The summed E-state index contributed by atoms with van der Waals surface area (Å²) in [5, 5.41) is -0.546. The molecule has 9 nitrogen and oxygen atoms in total. The molecule has 2 amide bonds. The summed E-state index contributed by atoms with van der Waals surface area (Å²) in [6, 6.07) is 3.32. The van der Waals surface area contributed by atoms with Gasteiger partial charge in [-0.25, -0.2) is 4.79 Å². The Balaban J connectivity index is 2.21. The van der Waals surface area contributed by atoms with Crippen LogP contribution in [-0.4, -0.2) is 61.5 Å². The van der Waals surface area contributed by atoms with Crippen LogP contribution in [0, 0.1) is 3.57 Å². The number of carbonyl (C=O) groups is 4. The number of halogens is 1. The van der Waals surface area contributed by atoms with E-state index in [9.17, 15) is 19.2 Å². The maximum Gasteiger partial charge on any atom is 0.344 e. The van der Waals surface area contributed by atoms with E-state index >= 15 is 0 Å². The third kappa shape index (κ3) is 6.11. The van der Waals surface area contributed by atoms with Crippen LogP contribution in [0.1, 0.15) is 19.4 Å². The first-order valence-corrected chi connectivity index (χ1v) is 10.8. The molecule has 1 aliphatic heterocycles. The Labute approximate surface area is 191 Å². The van der Waals surface area contributed by atoms with Crippen LogP contribution in [0.5, 0.6) is 11.5 Å². The van der Waals surface area contributed by atoms with Crippen molar-refractivity contribution in [1.29, 1.82) is 0 Å². The van der Waals surface area contributed by atoms with Crippen LogP contribution in [0.2, 0.25) is 0 Å². The molecule has 1 aliphatic rings. The average Bonchev–Trinajstić information content (AvgIpc) is 2.94. The molecule has 0 unspecified atom stereocenters. The molecule has 0 N–H and O–H groups in total. The molecule has 30 heavy (non-hydrogen) atoms. The van der Waals surface area contributed by atoms with Gasteiger partial charge in [-0.1, -0.05) is 0 Å². The predicted molar refractivity (Wildman–Crippen MR) is 117 cm³/mol. The fraction of sp³-hybridized carbons (Fsp3) is 0.368. The molecule has 0 radical (unpaired) electrons. The number of esters is 2. The SMILES string of the molecule is CCOC(=O)COc1c(I)cc(/C=C2\SC(=O)N(CC(=O)OCC)C2=O)cc1OC. The third-order valence-electron chi connectivity index (χ3n) is 3.66. The van der Waals surface area contributed by atoms with Crippen LogP contribution >= 0.6 is 34.4 Å². The Morgan fingerprint density at radius 1 is 1.13 bits per heavy atom. The Morgan fingerprint density at radius 3 is 2.43 bits per heavy atom. The molecule has 2 rings (SSSR count). The standard InChI is InChI=1S/C19H20INO8S/c1-4-27-15(22)9-21-18(24)14(30-19(21)25)8-11-6-12(20)17(13(7-11)26-3)29-10-16(23)28-5-2/h6-8H,4-5,9-10H2,1-3H3/b14-8-. The first-order valence-electron chi connectivity index (χ1n) is 8.87. The van der Waals surface area contributed by atoms with Crippen molar-refractivity contribution in [2.24, 2.45) is 0 Å². The van der Waals surface area contributed by atoms with E-state index in [1.807, 2.05) is 22.6 Å². The zero-order valence-electron chi connectivity index (χ0n) is 16.6. The van der Waals surface area contributed by atoms with Gasteiger partial charge in [0.15, 0.2) is 18.1 Å². The highest BCUT2D eigenvalue weighted by molar-refractivity contribution is 14.1. The lowest BCUT2D eigenvalue weighted by molar-refractivity contribution is -0.146. The van der Waals surface area contributed by atoms with E-state index in [1.165, 1.54) is 13.2 Å². The number of rotatable bonds is 9. The highest BCUT2D eigenvalue weighted by Gasteiger charge is 2.36. The van der Waals surface area contributed by atoms with Gasteiger partial charge in [0.25, 0.3) is 11.1 Å². The summed E-state index contributed by atoms with van der Waals surface area (Å²) in [7, 11) is 1.44. The Bertz CT molecular complexity index is 886. The van der Waals surface area contributed by atoms with Crippen LogP contribution in [0.4, 0.5) is 4.79 Å². The van der Waals surface area contributed by atoms with Crippen molar-refractivity contribution in [2.45, 2.75) is 13.8 Å². The molecule has 162 valence electrons. The monoisotopic (exact) mass is 549 g/mol. The molecule has 0 bridgehead atoms. The van der Waals surface area contributed by atoms with Crippen molar-refractivity contribution in [2.75, 3.05) is 33.5 Å². The van der Waals surface area contributed by atoms with E-state index in [2.05, 4.69) is 0 Å². The van der Waals surface area contributed by atoms with Gasteiger partial charge >= 0.3 is 11.9 Å². The number of methoxy groups -OCH3 is 1. The third-order valence-corrected chi connectivity index (χ3v) is 5.36. The van der Waals surface area contributed by atoms with E-state index in [0.29, 0.717) is 20.6 Å². The lowest BCUT2D eigenvalue weighted by Gasteiger charge is -2.13. The van der Waals surface area contributed by atoms with Crippen LogP contribution in [0.25, 0.3) is 6.08 Å². The van der Waals surface area contributed by atoms with Crippen molar-refractivity contribution >= 4 is 63.5 Å². The number of benzene rings is 1. The van der Waals surface area contributed by atoms with Crippen LogP contribution in [0.15, 0.2) is 17.0 Å². The maximum atomic E-state index is 12.5. The van der Waals surface area contributed by atoms with Crippen LogP contribution in [0.3, 0.4) is 0 Å². The molecule has 0 atom stereocenters. The smallest absolute Gasteiger partial charge is 0.344 e. The van der Waals surface area contributed by atoms with Crippen molar-refractivity contribution in [3.8, 4) is 11.5 Å². The molecule has 0 saturated carbocycles. The minimum atomic E-state index is -0.652. The number of hydrogen-bond acceptors (Lipinski definition) is 9. The fourth-order valence-electron chi connectivity index (χ4n) is 2.42. The van der Waals surface area contributed by atoms with Crippen molar-refractivity contribution in [1.82, 2.24) is 4.90 Å². The summed E-state index contributed by atoms with van der Waals surface area (Å²) in [6.07, 6.45) is 1.52. The summed E-state index contributed by atoms with van der Waals surface area (Å²) in [5.74, 6) is -1.02. The van der Waals surface area contributed by atoms with E-state index in [0.717, 1.165) is 16.7 Å². The van der Waals surface area contributed by atoms with E-state index in [4.69, 9.17) is 18.9 Å². The summed E-state index contributed by atoms with van der Waals surface area (Å²) < 4.78 is 21.1. The highest BCUT2D eigenvalue weighted by atomic mass is 127. The topological polar surface area (TPSA) is 108 Å². The Kier molecular flexibility index (Phi) is 8.96. The Hall–Kier alpha value is -2.28. The molecule has 1 heterocycles. The normalized spacial score (nSPS) is 14.8. The van der Waals surface area contributed by atoms with Gasteiger partial charge in [0.05, 0.1) is 28.8 Å². The Morgan fingerprint density at radius 2 is 1.80 bits per heavy atom. The second kappa shape index (κ2) is 11.2. The van der Waals surface area contributed by atoms with Gasteiger partial charge in [-0.2, -0.15) is 0 Å². The number of nitrogens with zero attached hydrogens (tertiary/aromatic N) is 1. The van der Waals surface area contributed by atoms with Crippen molar-refractivity contribution < 1.29 is 38.1 Å². The first kappa shape index (κ1) is 24.0. The first-order chi connectivity index (χ1) is 14.3. The van der Waals surface area contributed by atoms with Gasteiger partial charge in [-0.15, -0.1) is 0 Å². The van der Waals surface area contributed by atoms with Gasteiger partial charge in [-0.05, 0) is 72.0 Å². The molecule has 0 aromatic heterocycles. The largest absolute Gasteiger partial charge is 0.493 e. The van der Waals surface area contributed by atoms with Gasteiger partial charge < -0.3 is 18.9 Å². The van der Waals surface area contributed by atoms with Gasteiger partial charge in [0.2, 0.25) is 0 Å². The second-order valence-electron chi connectivity index (χ2n) is 5.70. The molecule has 0 spiro atoms. The minimum Gasteiger partial charge on any atom is -0.493 e. The fourth-order valence-corrected chi connectivity index (χ4v) is 4.04. The number of hydrogen-bond donors (Lipinski definition) is 0. The quantitative estimate of drug-likeness (QED) is 0.261. The van der Waals surface area contributed by atoms with Crippen LogP contribution < -0.4 is 9.47 Å². The summed E-state index contributed by atoms with van der Waals surface area (Å²) in [6.45, 7) is 3.05. The average molecular weight is 549 g/mol. The molecule has 0 aliphatic carbocycles. The zero-order valence-corrected chi connectivity index (χ0v) is 19.5. The van der Waals surface area contributed by atoms with Gasteiger partial charge in [0, 0.05) is 0 Å². The minimum absolute atomic E-state index is 0.160. The van der Waals surface area contributed by atoms with Gasteiger partial charge in [0.1, 0.15) is 6.54 Å². The summed E-state index contributed by atoms with van der Waals surface area (Å²) in [4.78, 5) is 48.8. The molecule has 1 fully saturated rings. The molecular formula is C19H20INO8S. The molecule has 11 heteroatoms. The summed E-state index contributed by atoms with van der Waals surface area (Å²) >= 11 is 2.75. The lowest BCUT2D eigenvalue weighted by Crippen LogP contribution is -2.34. The van der Waals surface area contributed by atoms with Crippen LogP contribution in [-0.2, 0) is 23.9 Å². The molecular weight excluding hydrogens is 529 g/mol. The lowest BCUT2D eigenvalue weighted by atomic mass is 10.2. The number of ether oxygens (including phenoxy) is 4. The highest BCUT2D eigenvalue weighted by Crippen LogP contribution is 2.37. The number of thioether (sulfide) groups is 1. The number of carbonyl (C=O) groups excluding carboxylic acids is 4. The van der Waals surface area contributed by atoms with E-state index in [-0.39, 0.29) is 24.7 Å². The van der Waals surface area contributed by atoms with Gasteiger partial charge in [-0.3, -0.25) is 19.3 Å². The second-order valence-corrected chi connectivity index (χ2v) is 7.86. The van der Waals surface area contributed by atoms with Crippen molar-refractivity contribution in [3.05, 3.63) is 26.2 Å². The zero-order chi connectivity index (χ0) is 22.3.